The van der Waals surface area contributed by atoms with Gasteiger partial charge < -0.3 is 15.5 Å². The third kappa shape index (κ3) is 3.57. The van der Waals surface area contributed by atoms with E-state index in [1.165, 1.54) is 6.20 Å². The van der Waals surface area contributed by atoms with E-state index in [2.05, 4.69) is 15.6 Å². The second kappa shape index (κ2) is 6.91. The molecule has 0 saturated carbocycles. The molecule has 0 radical (unpaired) electrons. The molecule has 1 aromatic heterocycles. The van der Waals surface area contributed by atoms with Gasteiger partial charge in [-0.25, -0.2) is 0 Å². The molecule has 2 heterocycles. The molecule has 1 fully saturated rings. The van der Waals surface area contributed by atoms with Crippen LogP contribution in [-0.2, 0) is 14.4 Å². The molecule has 1 aliphatic heterocycles. The molecule has 2 aromatic rings. The first-order chi connectivity index (χ1) is 11.6. The highest BCUT2D eigenvalue weighted by molar-refractivity contribution is 6.43. The quantitative estimate of drug-likeness (QED) is 0.842. The Labute approximate surface area is 138 Å². The number of nitrogens with one attached hydrogen (secondary N) is 2. The number of amides is 3. The lowest BCUT2D eigenvalue weighted by Crippen LogP contribution is -2.29. The Kier molecular flexibility index (Phi) is 4.51. The van der Waals surface area contributed by atoms with Gasteiger partial charge in [-0.1, -0.05) is 6.07 Å². The number of hydrogen-bond donors (Lipinski definition) is 2. The number of carbonyl (C=O) groups is 3. The van der Waals surface area contributed by atoms with Crippen LogP contribution < -0.4 is 15.5 Å². The molecule has 24 heavy (non-hydrogen) atoms. The summed E-state index contributed by atoms with van der Waals surface area (Å²) in [5.74, 6) is -1.51. The highest BCUT2D eigenvalue weighted by Gasteiger charge is 2.22. The normalized spacial score (nSPS) is 13.7. The Morgan fingerprint density at radius 3 is 2.46 bits per heavy atom. The van der Waals surface area contributed by atoms with E-state index in [0.717, 1.165) is 6.42 Å². The maximum absolute atomic E-state index is 12.0. The van der Waals surface area contributed by atoms with Crippen LogP contribution >= 0.6 is 0 Å². The van der Waals surface area contributed by atoms with E-state index in [4.69, 9.17) is 0 Å². The van der Waals surface area contributed by atoms with Gasteiger partial charge in [-0.3, -0.25) is 19.4 Å². The van der Waals surface area contributed by atoms with Crippen LogP contribution in [0.5, 0.6) is 0 Å². The van der Waals surface area contributed by atoms with Gasteiger partial charge >= 0.3 is 11.8 Å². The Bertz CT molecular complexity index is 776. The molecular formula is C17H16N4O3. The summed E-state index contributed by atoms with van der Waals surface area (Å²) in [6.45, 7) is 0.664. The van der Waals surface area contributed by atoms with Crippen molar-refractivity contribution in [1.82, 2.24) is 4.98 Å². The SMILES string of the molecule is O=C(Nc1cccnc1)C(=O)Nc1cccc(N2CCCC2=O)c1. The van der Waals surface area contributed by atoms with Gasteiger partial charge in [0, 0.05) is 30.5 Å². The van der Waals surface area contributed by atoms with E-state index in [1.807, 2.05) is 0 Å². The van der Waals surface area contributed by atoms with Gasteiger partial charge in [0.15, 0.2) is 0 Å². The summed E-state index contributed by atoms with van der Waals surface area (Å²) in [6, 6.07) is 10.2. The summed E-state index contributed by atoms with van der Waals surface area (Å²) in [7, 11) is 0. The van der Waals surface area contributed by atoms with Gasteiger partial charge in [0.25, 0.3) is 0 Å². The van der Waals surface area contributed by atoms with E-state index in [-0.39, 0.29) is 5.91 Å². The molecule has 7 heteroatoms. The number of pyridine rings is 1. The largest absolute Gasteiger partial charge is 0.318 e. The smallest absolute Gasteiger partial charge is 0.314 e. The van der Waals surface area contributed by atoms with Gasteiger partial charge in [-0.15, -0.1) is 0 Å². The minimum Gasteiger partial charge on any atom is -0.318 e. The van der Waals surface area contributed by atoms with Crippen LogP contribution in [-0.4, -0.2) is 29.3 Å². The first-order valence-electron chi connectivity index (χ1n) is 7.56. The molecule has 0 aliphatic carbocycles. The Morgan fingerprint density at radius 1 is 1.04 bits per heavy atom. The van der Waals surface area contributed by atoms with Crippen molar-refractivity contribution in [2.45, 2.75) is 12.8 Å². The van der Waals surface area contributed by atoms with E-state index < -0.39 is 11.8 Å². The van der Waals surface area contributed by atoms with Gasteiger partial charge in [-0.05, 0) is 36.8 Å². The second-order valence-corrected chi connectivity index (χ2v) is 5.35. The van der Waals surface area contributed by atoms with Crippen molar-refractivity contribution >= 4 is 34.8 Å². The van der Waals surface area contributed by atoms with E-state index in [9.17, 15) is 14.4 Å². The predicted molar refractivity (Wildman–Crippen MR) is 89.5 cm³/mol. The average Bonchev–Trinajstić information content (AvgIpc) is 3.02. The van der Waals surface area contributed by atoms with Crippen LogP contribution in [0.2, 0.25) is 0 Å². The molecule has 3 amide bonds. The monoisotopic (exact) mass is 324 g/mol. The van der Waals surface area contributed by atoms with Crippen LogP contribution in [0.1, 0.15) is 12.8 Å². The number of nitrogens with zero attached hydrogens (tertiary/aromatic N) is 2. The summed E-state index contributed by atoms with van der Waals surface area (Å²) in [5, 5.41) is 4.99. The number of carbonyl (C=O) groups excluding carboxylic acids is 3. The summed E-state index contributed by atoms with van der Waals surface area (Å²) >= 11 is 0. The lowest BCUT2D eigenvalue weighted by molar-refractivity contribution is -0.133. The van der Waals surface area contributed by atoms with E-state index in [1.54, 1.807) is 47.5 Å². The topological polar surface area (TPSA) is 91.4 Å². The average molecular weight is 324 g/mol. The molecule has 3 rings (SSSR count). The molecule has 2 N–H and O–H groups in total. The summed E-state index contributed by atoms with van der Waals surface area (Å²) < 4.78 is 0. The molecule has 0 atom stereocenters. The lowest BCUT2D eigenvalue weighted by Gasteiger charge is -2.16. The molecule has 1 aromatic carbocycles. The standard InChI is InChI=1S/C17H16N4O3/c22-15-7-3-9-21(15)14-6-1-4-12(10-14)19-16(23)17(24)20-13-5-2-8-18-11-13/h1-2,4-6,8,10-11H,3,7,9H2,(H,19,23)(H,20,24). The molecule has 1 aliphatic rings. The van der Waals surface area contributed by atoms with Crippen LogP contribution in [0.25, 0.3) is 0 Å². The third-order valence-electron chi connectivity index (χ3n) is 3.61. The minimum atomic E-state index is -0.788. The van der Waals surface area contributed by atoms with E-state index >= 15 is 0 Å². The van der Waals surface area contributed by atoms with Gasteiger partial charge in [0.2, 0.25) is 5.91 Å². The molecule has 0 bridgehead atoms. The number of rotatable bonds is 3. The van der Waals surface area contributed by atoms with Crippen LogP contribution in [0.15, 0.2) is 48.8 Å². The molecule has 7 nitrogen and oxygen atoms in total. The number of aromatic nitrogens is 1. The molecule has 122 valence electrons. The van der Waals surface area contributed by atoms with Crippen molar-refractivity contribution in [3.05, 3.63) is 48.8 Å². The fourth-order valence-corrected chi connectivity index (χ4v) is 2.49. The minimum absolute atomic E-state index is 0.0628. The number of benzene rings is 1. The molecular weight excluding hydrogens is 308 g/mol. The fraction of sp³-hybridized carbons (Fsp3) is 0.176. The zero-order valence-electron chi connectivity index (χ0n) is 12.9. The summed E-state index contributed by atoms with van der Waals surface area (Å²) in [4.78, 5) is 41.2. The fourth-order valence-electron chi connectivity index (χ4n) is 2.49. The Hall–Kier alpha value is -3.22. The van der Waals surface area contributed by atoms with Crippen molar-refractivity contribution < 1.29 is 14.4 Å². The van der Waals surface area contributed by atoms with Crippen LogP contribution in [0, 0.1) is 0 Å². The number of hydrogen-bond acceptors (Lipinski definition) is 4. The zero-order chi connectivity index (χ0) is 16.9. The molecule has 0 spiro atoms. The summed E-state index contributed by atoms with van der Waals surface area (Å²) in [6.07, 6.45) is 4.37. The van der Waals surface area contributed by atoms with Gasteiger partial charge in [0.1, 0.15) is 0 Å². The van der Waals surface area contributed by atoms with Gasteiger partial charge in [-0.2, -0.15) is 0 Å². The lowest BCUT2D eigenvalue weighted by atomic mass is 10.2. The molecule has 1 saturated heterocycles. The predicted octanol–water partition coefficient (Wildman–Crippen LogP) is 1.79. The highest BCUT2D eigenvalue weighted by atomic mass is 16.2. The number of anilines is 3. The Morgan fingerprint density at radius 2 is 1.79 bits per heavy atom. The van der Waals surface area contributed by atoms with Crippen molar-refractivity contribution in [1.29, 1.82) is 0 Å². The van der Waals surface area contributed by atoms with Crippen molar-refractivity contribution in [2.24, 2.45) is 0 Å². The molecule has 0 unspecified atom stereocenters. The van der Waals surface area contributed by atoms with E-state index in [0.29, 0.717) is 30.0 Å². The summed E-state index contributed by atoms with van der Waals surface area (Å²) in [5.41, 5.74) is 1.61. The first-order valence-corrected chi connectivity index (χ1v) is 7.56. The van der Waals surface area contributed by atoms with Crippen molar-refractivity contribution in [2.75, 3.05) is 22.1 Å². The van der Waals surface area contributed by atoms with Crippen LogP contribution in [0.4, 0.5) is 17.1 Å². The third-order valence-corrected chi connectivity index (χ3v) is 3.61. The van der Waals surface area contributed by atoms with Crippen molar-refractivity contribution in [3.63, 3.8) is 0 Å². The van der Waals surface area contributed by atoms with Crippen LogP contribution in [0.3, 0.4) is 0 Å². The maximum Gasteiger partial charge on any atom is 0.314 e. The van der Waals surface area contributed by atoms with Gasteiger partial charge in [0.05, 0.1) is 11.9 Å². The van der Waals surface area contributed by atoms with Crippen molar-refractivity contribution in [3.8, 4) is 0 Å². The zero-order valence-corrected chi connectivity index (χ0v) is 12.9. The second-order valence-electron chi connectivity index (χ2n) is 5.35. The maximum atomic E-state index is 12.0. The first kappa shape index (κ1) is 15.7. The Balaban J connectivity index is 1.66. The highest BCUT2D eigenvalue weighted by Crippen LogP contribution is 2.24.